The molecule has 0 bridgehead atoms. The van der Waals surface area contributed by atoms with Crippen LogP contribution in [0, 0.1) is 11.8 Å². The predicted molar refractivity (Wildman–Crippen MR) is 93.1 cm³/mol. The number of rotatable bonds is 2. The quantitative estimate of drug-likeness (QED) is 0.776. The minimum absolute atomic E-state index is 0.0775. The van der Waals surface area contributed by atoms with Crippen LogP contribution >= 0.6 is 0 Å². The summed E-state index contributed by atoms with van der Waals surface area (Å²) in [4.78, 5) is 19.5. The first kappa shape index (κ1) is 14.6. The molecule has 1 amide bonds. The first-order valence-electron chi connectivity index (χ1n) is 8.67. The van der Waals surface area contributed by atoms with Crippen molar-refractivity contribution in [2.24, 2.45) is 11.8 Å². The normalized spacial score (nSPS) is 25.4. The maximum atomic E-state index is 13.3. The van der Waals surface area contributed by atoms with Crippen LogP contribution in [0.5, 0.6) is 0 Å². The number of nitrogens with one attached hydrogen (secondary N) is 1. The van der Waals surface area contributed by atoms with Gasteiger partial charge in [0.05, 0.1) is 6.04 Å². The summed E-state index contributed by atoms with van der Waals surface area (Å²) in [6, 6.07) is 14.2. The Hall–Kier alpha value is -2.73. The average Bonchev–Trinajstić information content (AvgIpc) is 3.36. The van der Waals surface area contributed by atoms with Gasteiger partial charge in [0, 0.05) is 37.3 Å². The first-order valence-corrected chi connectivity index (χ1v) is 8.67. The lowest BCUT2D eigenvalue weighted by atomic mass is 9.89. The van der Waals surface area contributed by atoms with Crippen LogP contribution < -0.4 is 5.32 Å². The zero-order valence-corrected chi connectivity index (χ0v) is 13.7. The van der Waals surface area contributed by atoms with E-state index in [1.54, 1.807) is 10.7 Å². The van der Waals surface area contributed by atoms with Crippen LogP contribution in [0.1, 0.15) is 22.0 Å². The second kappa shape index (κ2) is 5.67. The second-order valence-corrected chi connectivity index (χ2v) is 6.87. The molecule has 5 rings (SSSR count). The van der Waals surface area contributed by atoms with Gasteiger partial charge in [0.1, 0.15) is 6.33 Å². The van der Waals surface area contributed by atoms with Crippen LogP contribution in [-0.4, -0.2) is 45.0 Å². The maximum absolute atomic E-state index is 13.3. The molecule has 2 aliphatic rings. The minimum atomic E-state index is 0.0775. The maximum Gasteiger partial charge on any atom is 0.254 e. The molecule has 0 aliphatic carbocycles. The molecule has 4 heterocycles. The van der Waals surface area contributed by atoms with Crippen molar-refractivity contribution < 1.29 is 4.79 Å². The van der Waals surface area contributed by atoms with Gasteiger partial charge in [-0.2, -0.15) is 5.10 Å². The van der Waals surface area contributed by atoms with Gasteiger partial charge in [-0.25, -0.2) is 9.50 Å². The van der Waals surface area contributed by atoms with Crippen molar-refractivity contribution in [2.45, 2.75) is 6.04 Å². The van der Waals surface area contributed by atoms with Gasteiger partial charge in [-0.15, -0.1) is 0 Å². The van der Waals surface area contributed by atoms with E-state index in [2.05, 4.69) is 39.7 Å². The number of amides is 1. The molecular weight excluding hydrogens is 314 g/mol. The monoisotopic (exact) mass is 333 g/mol. The summed E-state index contributed by atoms with van der Waals surface area (Å²) in [7, 11) is 0. The summed E-state index contributed by atoms with van der Waals surface area (Å²) in [6.45, 7) is 2.76. The van der Waals surface area contributed by atoms with E-state index in [1.165, 1.54) is 11.9 Å². The Kier molecular flexibility index (Phi) is 3.31. The molecular formula is C19H19N5O. The summed E-state index contributed by atoms with van der Waals surface area (Å²) in [5, 5.41) is 7.58. The van der Waals surface area contributed by atoms with Crippen molar-refractivity contribution in [3.63, 3.8) is 0 Å². The topological polar surface area (TPSA) is 62.5 Å². The minimum Gasteiger partial charge on any atom is -0.331 e. The van der Waals surface area contributed by atoms with E-state index in [0.717, 1.165) is 19.6 Å². The number of hydrogen-bond donors (Lipinski definition) is 1. The zero-order valence-electron chi connectivity index (χ0n) is 13.7. The molecule has 2 fully saturated rings. The fourth-order valence-electron chi connectivity index (χ4n) is 4.32. The van der Waals surface area contributed by atoms with Gasteiger partial charge in [0.15, 0.2) is 5.65 Å². The molecule has 3 atom stereocenters. The number of aromatic nitrogens is 3. The standard InChI is InChI=1S/C19H19N5O/c25-19(14-6-7-24-17(8-14)21-12-22-24)23-11-15-9-20-10-16(15)18(23)13-4-2-1-3-5-13/h1-8,12,15-16,18,20H,9-11H2/t15-,16-,18+/m0/s1. The molecule has 25 heavy (non-hydrogen) atoms. The molecule has 1 aromatic carbocycles. The van der Waals surface area contributed by atoms with Gasteiger partial charge in [0.2, 0.25) is 0 Å². The lowest BCUT2D eigenvalue weighted by Gasteiger charge is -2.28. The Morgan fingerprint density at radius 3 is 2.92 bits per heavy atom. The number of pyridine rings is 1. The third-order valence-electron chi connectivity index (χ3n) is 5.49. The van der Waals surface area contributed by atoms with Gasteiger partial charge in [-0.1, -0.05) is 30.3 Å². The molecule has 3 aromatic rings. The molecule has 0 saturated carbocycles. The molecule has 2 saturated heterocycles. The average molecular weight is 333 g/mol. The Balaban J connectivity index is 1.53. The highest BCUT2D eigenvalue weighted by Crippen LogP contribution is 2.43. The summed E-state index contributed by atoms with van der Waals surface area (Å²) in [5.41, 5.74) is 2.59. The van der Waals surface area contributed by atoms with E-state index in [0.29, 0.717) is 23.0 Å². The Bertz CT molecular complexity index is 922. The smallest absolute Gasteiger partial charge is 0.254 e. The van der Waals surface area contributed by atoms with Gasteiger partial charge >= 0.3 is 0 Å². The summed E-state index contributed by atoms with van der Waals surface area (Å²) in [5.74, 6) is 1.07. The van der Waals surface area contributed by atoms with Crippen LogP contribution in [0.15, 0.2) is 55.0 Å². The third-order valence-corrected chi connectivity index (χ3v) is 5.49. The Labute approximate surface area is 145 Å². The van der Waals surface area contributed by atoms with E-state index in [1.807, 2.05) is 23.1 Å². The number of nitrogens with zero attached hydrogens (tertiary/aromatic N) is 4. The van der Waals surface area contributed by atoms with Crippen molar-refractivity contribution in [1.82, 2.24) is 24.8 Å². The van der Waals surface area contributed by atoms with Crippen molar-refractivity contribution in [3.8, 4) is 0 Å². The number of fused-ring (bicyclic) bond motifs is 2. The second-order valence-electron chi connectivity index (χ2n) is 6.87. The Morgan fingerprint density at radius 2 is 2.04 bits per heavy atom. The van der Waals surface area contributed by atoms with E-state index in [-0.39, 0.29) is 11.9 Å². The third kappa shape index (κ3) is 2.33. The number of carbonyl (C=O) groups is 1. The molecule has 126 valence electrons. The lowest BCUT2D eigenvalue weighted by Crippen LogP contribution is -2.34. The summed E-state index contributed by atoms with van der Waals surface area (Å²) < 4.78 is 1.67. The van der Waals surface area contributed by atoms with Crippen molar-refractivity contribution >= 4 is 11.6 Å². The highest BCUT2D eigenvalue weighted by molar-refractivity contribution is 5.95. The number of likely N-dealkylation sites (tertiary alicyclic amines) is 1. The van der Waals surface area contributed by atoms with Crippen LogP contribution in [0.2, 0.25) is 0 Å². The van der Waals surface area contributed by atoms with Gasteiger partial charge in [-0.05, 0) is 23.6 Å². The zero-order chi connectivity index (χ0) is 16.8. The molecule has 2 aliphatic heterocycles. The fourth-order valence-corrected chi connectivity index (χ4v) is 4.32. The van der Waals surface area contributed by atoms with Crippen LogP contribution in [0.3, 0.4) is 0 Å². The number of benzene rings is 1. The SMILES string of the molecule is O=C(c1ccn2ncnc2c1)N1C[C@@H]2CNC[C@@H]2[C@H]1c1ccccc1. The Morgan fingerprint density at radius 1 is 1.16 bits per heavy atom. The van der Waals surface area contributed by atoms with Gasteiger partial charge in [0.25, 0.3) is 5.91 Å². The fraction of sp³-hybridized carbons (Fsp3) is 0.316. The van der Waals surface area contributed by atoms with Crippen LogP contribution in [0.4, 0.5) is 0 Å². The summed E-state index contributed by atoms with van der Waals surface area (Å²) in [6.07, 6.45) is 3.30. The van der Waals surface area contributed by atoms with E-state index >= 15 is 0 Å². The van der Waals surface area contributed by atoms with E-state index < -0.39 is 0 Å². The van der Waals surface area contributed by atoms with E-state index in [4.69, 9.17) is 0 Å². The highest BCUT2D eigenvalue weighted by Gasteiger charge is 2.46. The molecule has 2 aromatic heterocycles. The van der Waals surface area contributed by atoms with Crippen LogP contribution in [-0.2, 0) is 0 Å². The van der Waals surface area contributed by atoms with Gasteiger partial charge < -0.3 is 10.2 Å². The highest BCUT2D eigenvalue weighted by atomic mass is 16.2. The largest absolute Gasteiger partial charge is 0.331 e. The molecule has 6 heteroatoms. The number of hydrogen-bond acceptors (Lipinski definition) is 4. The number of carbonyl (C=O) groups excluding carboxylic acids is 1. The van der Waals surface area contributed by atoms with Crippen molar-refractivity contribution in [2.75, 3.05) is 19.6 Å². The van der Waals surface area contributed by atoms with E-state index in [9.17, 15) is 4.79 Å². The molecule has 0 spiro atoms. The molecule has 0 unspecified atom stereocenters. The predicted octanol–water partition coefficient (Wildman–Crippen LogP) is 1.76. The van der Waals surface area contributed by atoms with Crippen LogP contribution in [0.25, 0.3) is 5.65 Å². The molecule has 0 radical (unpaired) electrons. The summed E-state index contributed by atoms with van der Waals surface area (Å²) >= 11 is 0. The first-order chi connectivity index (χ1) is 12.3. The van der Waals surface area contributed by atoms with Crippen molar-refractivity contribution in [3.05, 3.63) is 66.1 Å². The molecule has 6 nitrogen and oxygen atoms in total. The lowest BCUT2D eigenvalue weighted by molar-refractivity contribution is 0.0714. The van der Waals surface area contributed by atoms with Gasteiger partial charge in [-0.3, -0.25) is 4.79 Å². The van der Waals surface area contributed by atoms with Crippen molar-refractivity contribution in [1.29, 1.82) is 0 Å². The molecule has 1 N–H and O–H groups in total.